The van der Waals surface area contributed by atoms with Crippen LogP contribution < -0.4 is 30.9 Å². The first-order valence-electron chi connectivity index (χ1n) is 19.6. The average Bonchev–Trinajstić information content (AvgIpc) is 3.21. The molecular weight excluding hydrogens is 765 g/mol. The summed E-state index contributed by atoms with van der Waals surface area (Å²) in [4.78, 5) is 52.2. The van der Waals surface area contributed by atoms with Crippen molar-refractivity contribution < 1.29 is 28.6 Å². The number of nitrogens with one attached hydrogen (secondary N) is 4. The molecule has 4 heterocycles. The topological polar surface area (TPSA) is 164 Å². The van der Waals surface area contributed by atoms with Crippen LogP contribution in [0.25, 0.3) is 0 Å². The van der Waals surface area contributed by atoms with Crippen LogP contribution in [-0.4, -0.2) is 102 Å². The molecule has 3 aromatic carbocycles. The largest absolute Gasteiger partial charge is 0.494 e. The molecule has 1 atom stereocenters. The number of hydrogen-bond acceptors (Lipinski definition) is 12. The molecule has 5 N–H and O–H groups in total. The predicted molar refractivity (Wildman–Crippen MR) is 222 cm³/mol. The van der Waals surface area contributed by atoms with Gasteiger partial charge in [0.05, 0.1) is 31.1 Å². The molecule has 3 fully saturated rings. The van der Waals surface area contributed by atoms with Gasteiger partial charge in [0, 0.05) is 61.3 Å². The fourth-order valence-corrected chi connectivity index (χ4v) is 7.83. The SMILES string of the molecule is COc1cc(N2CCN(C(=O)CN3CCC(c4ccc(NC5CCC(=O)NC5=O)cc4)CC3)CC2)ccc1Nc1ncc(Cl)c(Nc2ccc(F)cc2C(C)(C)O)n1. The van der Waals surface area contributed by atoms with Gasteiger partial charge in [0.25, 0.3) is 0 Å². The second kappa shape index (κ2) is 17.5. The number of nitrogens with zero attached hydrogens (tertiary/aromatic N) is 5. The summed E-state index contributed by atoms with van der Waals surface area (Å²) >= 11 is 6.42. The molecule has 1 unspecified atom stereocenters. The molecule has 1 aromatic heterocycles. The third-order valence-electron chi connectivity index (χ3n) is 11.0. The van der Waals surface area contributed by atoms with E-state index in [1.807, 2.05) is 35.2 Å². The molecule has 0 aliphatic carbocycles. The minimum Gasteiger partial charge on any atom is -0.494 e. The van der Waals surface area contributed by atoms with Crippen LogP contribution in [-0.2, 0) is 20.0 Å². The van der Waals surface area contributed by atoms with Gasteiger partial charge in [-0.05, 0) is 100 Å². The lowest BCUT2D eigenvalue weighted by atomic mass is 9.89. The summed E-state index contributed by atoms with van der Waals surface area (Å²) in [5, 5.41) is 22.8. The van der Waals surface area contributed by atoms with E-state index in [1.54, 1.807) is 21.0 Å². The first kappa shape index (κ1) is 40.7. The van der Waals surface area contributed by atoms with Crippen LogP contribution in [0, 0.1) is 5.82 Å². The van der Waals surface area contributed by atoms with E-state index in [0.717, 1.165) is 37.3 Å². The van der Waals surface area contributed by atoms with Gasteiger partial charge in [0.15, 0.2) is 5.82 Å². The molecule has 4 aromatic rings. The van der Waals surface area contributed by atoms with E-state index >= 15 is 0 Å². The van der Waals surface area contributed by atoms with Crippen molar-refractivity contribution in [1.29, 1.82) is 0 Å². The average molecular weight is 814 g/mol. The number of imide groups is 1. The number of hydrogen-bond donors (Lipinski definition) is 5. The van der Waals surface area contributed by atoms with Crippen LogP contribution >= 0.6 is 11.6 Å². The van der Waals surface area contributed by atoms with E-state index in [-0.39, 0.29) is 34.5 Å². The highest BCUT2D eigenvalue weighted by Crippen LogP contribution is 2.35. The van der Waals surface area contributed by atoms with Crippen molar-refractivity contribution >= 4 is 63.8 Å². The molecule has 14 nitrogen and oxygen atoms in total. The number of amides is 3. The number of aromatic nitrogens is 2. The number of halogens is 2. The van der Waals surface area contributed by atoms with Gasteiger partial charge < -0.3 is 35.6 Å². The molecule has 0 spiro atoms. The maximum atomic E-state index is 14.0. The summed E-state index contributed by atoms with van der Waals surface area (Å²) in [6.07, 6.45) is 4.21. The van der Waals surface area contributed by atoms with E-state index in [0.29, 0.717) is 74.2 Å². The van der Waals surface area contributed by atoms with Crippen molar-refractivity contribution in [2.24, 2.45) is 0 Å². The van der Waals surface area contributed by atoms with Gasteiger partial charge in [0.2, 0.25) is 23.7 Å². The predicted octanol–water partition coefficient (Wildman–Crippen LogP) is 5.74. The number of piperidine rings is 2. The fourth-order valence-electron chi connectivity index (χ4n) is 7.69. The highest BCUT2D eigenvalue weighted by Gasteiger charge is 2.29. The normalized spacial score (nSPS) is 18.1. The Morgan fingerprint density at radius 3 is 2.38 bits per heavy atom. The van der Waals surface area contributed by atoms with Gasteiger partial charge in [-0.25, -0.2) is 9.37 Å². The Hall–Kier alpha value is -5.51. The van der Waals surface area contributed by atoms with Crippen LogP contribution in [0.3, 0.4) is 0 Å². The van der Waals surface area contributed by atoms with Crippen molar-refractivity contribution in [3.63, 3.8) is 0 Å². The van der Waals surface area contributed by atoms with Gasteiger partial charge in [0.1, 0.15) is 22.6 Å². The zero-order chi connectivity index (χ0) is 41.0. The second-order valence-corrected chi connectivity index (χ2v) is 15.9. The summed E-state index contributed by atoms with van der Waals surface area (Å²) in [5.74, 6) is 0.671. The number of methoxy groups -OCH3 is 1. The molecule has 0 radical (unpaired) electrons. The van der Waals surface area contributed by atoms with Gasteiger partial charge in [-0.15, -0.1) is 0 Å². The maximum absolute atomic E-state index is 14.0. The van der Waals surface area contributed by atoms with Crippen LogP contribution in [0.4, 0.5) is 38.9 Å². The molecule has 0 bridgehead atoms. The number of ether oxygens (including phenoxy) is 1. The third-order valence-corrected chi connectivity index (χ3v) is 11.3. The van der Waals surface area contributed by atoms with Gasteiger partial charge >= 0.3 is 0 Å². The Bertz CT molecular complexity index is 2130. The van der Waals surface area contributed by atoms with E-state index in [4.69, 9.17) is 16.3 Å². The van der Waals surface area contributed by atoms with Crippen LogP contribution in [0.15, 0.2) is 66.9 Å². The Morgan fingerprint density at radius 1 is 0.966 bits per heavy atom. The fraction of sp³-hybridized carbons (Fsp3) is 0.405. The third kappa shape index (κ3) is 9.77. The standard InChI is InChI=1S/C42H49ClFN9O5/c1-42(2,57)31-22-28(44)6-10-33(31)47-39-32(43)24-45-41(50-39)48-34-11-9-30(23-36(34)58-3)52-18-20-53(21-19-52)38(55)25-51-16-14-27(15-17-51)26-4-7-29(8-5-26)46-35-12-13-37(54)49-40(35)56/h4-11,22-24,27,35,46,57H,12-21,25H2,1-3H3,(H,49,54,56)(H2,45,47,48,50). The number of aliphatic hydroxyl groups is 1. The lowest BCUT2D eigenvalue weighted by Crippen LogP contribution is -2.51. The van der Waals surface area contributed by atoms with Crippen molar-refractivity contribution in [2.45, 2.75) is 57.1 Å². The zero-order valence-electron chi connectivity index (χ0n) is 32.9. The molecule has 3 saturated heterocycles. The lowest BCUT2D eigenvalue weighted by molar-refractivity contribution is -0.134. The molecule has 3 aliphatic rings. The van der Waals surface area contributed by atoms with E-state index in [2.05, 4.69) is 53.2 Å². The number of rotatable bonds is 12. The Morgan fingerprint density at radius 2 is 1.69 bits per heavy atom. The number of carbonyl (C=O) groups excluding carboxylic acids is 3. The summed E-state index contributed by atoms with van der Waals surface area (Å²) in [6, 6.07) is 17.7. The summed E-state index contributed by atoms with van der Waals surface area (Å²) in [6.45, 7) is 7.85. The van der Waals surface area contributed by atoms with Crippen molar-refractivity contribution in [3.05, 3.63) is 88.8 Å². The van der Waals surface area contributed by atoms with E-state index < -0.39 is 17.5 Å². The highest BCUT2D eigenvalue weighted by atomic mass is 35.5. The zero-order valence-corrected chi connectivity index (χ0v) is 33.6. The number of carbonyl (C=O) groups is 3. The molecule has 7 rings (SSSR count). The number of piperazine rings is 1. The second-order valence-electron chi connectivity index (χ2n) is 15.5. The van der Waals surface area contributed by atoms with Crippen molar-refractivity contribution in [3.8, 4) is 5.75 Å². The Kier molecular flexibility index (Phi) is 12.3. The summed E-state index contributed by atoms with van der Waals surface area (Å²) in [7, 11) is 1.59. The summed E-state index contributed by atoms with van der Waals surface area (Å²) < 4.78 is 19.8. The molecule has 0 saturated carbocycles. The minimum absolute atomic E-state index is 0.145. The quantitative estimate of drug-likeness (QED) is 0.111. The first-order chi connectivity index (χ1) is 27.8. The smallest absolute Gasteiger partial charge is 0.249 e. The summed E-state index contributed by atoms with van der Waals surface area (Å²) in [5.41, 5.74) is 3.19. The number of likely N-dealkylation sites (tertiary alicyclic amines) is 1. The van der Waals surface area contributed by atoms with Gasteiger partial charge in [-0.3, -0.25) is 24.6 Å². The first-order valence-corrected chi connectivity index (χ1v) is 19.9. The molecule has 16 heteroatoms. The maximum Gasteiger partial charge on any atom is 0.249 e. The highest BCUT2D eigenvalue weighted by molar-refractivity contribution is 6.33. The Balaban J connectivity index is 0.883. The molecular formula is C42H49ClFN9O5. The van der Waals surface area contributed by atoms with Crippen LogP contribution in [0.1, 0.15) is 56.6 Å². The minimum atomic E-state index is -1.32. The molecule has 58 heavy (non-hydrogen) atoms. The van der Waals surface area contributed by atoms with E-state index in [1.165, 1.54) is 30.0 Å². The Labute approximate surface area is 342 Å². The molecule has 3 amide bonds. The van der Waals surface area contributed by atoms with E-state index in [9.17, 15) is 23.9 Å². The number of anilines is 6. The molecule has 3 aliphatic heterocycles. The van der Waals surface area contributed by atoms with Crippen LogP contribution in [0.5, 0.6) is 5.75 Å². The van der Waals surface area contributed by atoms with Crippen molar-refractivity contribution in [1.82, 2.24) is 25.1 Å². The number of benzene rings is 3. The van der Waals surface area contributed by atoms with Crippen LogP contribution in [0.2, 0.25) is 5.02 Å². The van der Waals surface area contributed by atoms with Crippen molar-refractivity contribution in [2.75, 3.05) is 73.8 Å². The van der Waals surface area contributed by atoms with Gasteiger partial charge in [-0.2, -0.15) is 4.98 Å². The van der Waals surface area contributed by atoms with Gasteiger partial charge in [-0.1, -0.05) is 23.7 Å². The molecule has 306 valence electrons. The monoisotopic (exact) mass is 813 g/mol. The lowest BCUT2D eigenvalue weighted by Gasteiger charge is -2.38.